The summed E-state index contributed by atoms with van der Waals surface area (Å²) >= 11 is 0. The van der Waals surface area contributed by atoms with Crippen LogP contribution in [0.25, 0.3) is 0 Å². The predicted octanol–water partition coefficient (Wildman–Crippen LogP) is 3.40. The van der Waals surface area contributed by atoms with E-state index in [4.69, 9.17) is 9.52 Å². The fraction of sp³-hybridized carbons (Fsp3) is 0.161. The van der Waals surface area contributed by atoms with Gasteiger partial charge in [-0.2, -0.15) is 0 Å². The van der Waals surface area contributed by atoms with Gasteiger partial charge < -0.3 is 20.2 Å². The highest BCUT2D eigenvalue weighted by Gasteiger charge is 2.16. The van der Waals surface area contributed by atoms with Crippen LogP contribution in [0, 0.1) is 18.8 Å². The van der Waals surface area contributed by atoms with Crippen molar-refractivity contribution >= 4 is 32.6 Å². The Morgan fingerprint density at radius 3 is 2.54 bits per heavy atom. The van der Waals surface area contributed by atoms with Crippen LogP contribution in [0.3, 0.4) is 0 Å². The van der Waals surface area contributed by atoms with Crippen LogP contribution in [0.5, 0.6) is 0 Å². The van der Waals surface area contributed by atoms with E-state index in [-0.39, 0.29) is 23.8 Å². The topological polar surface area (TPSA) is 134 Å². The van der Waals surface area contributed by atoms with Crippen molar-refractivity contribution in [2.75, 3.05) is 25.0 Å². The van der Waals surface area contributed by atoms with Crippen LogP contribution in [0.4, 0.5) is 5.69 Å². The predicted molar refractivity (Wildman–Crippen MR) is 159 cm³/mol. The first-order valence-corrected chi connectivity index (χ1v) is 14.5. The van der Waals surface area contributed by atoms with Gasteiger partial charge in [0.15, 0.2) is 5.76 Å². The lowest BCUT2D eigenvalue weighted by Crippen LogP contribution is -2.33. The molecule has 4 rings (SSSR count). The first-order chi connectivity index (χ1) is 19.9. The minimum Gasteiger partial charge on any atom is -0.459 e. The van der Waals surface area contributed by atoms with Crippen LogP contribution in [-0.4, -0.2) is 51.2 Å². The van der Waals surface area contributed by atoms with Gasteiger partial charge in [-0.05, 0) is 67.7 Å². The van der Waals surface area contributed by atoms with E-state index < -0.39 is 15.6 Å². The van der Waals surface area contributed by atoms with Crippen molar-refractivity contribution in [3.63, 3.8) is 0 Å². The zero-order valence-corrected chi connectivity index (χ0v) is 23.2. The molecule has 2 aromatic heterocycles. The van der Waals surface area contributed by atoms with Gasteiger partial charge in [-0.3, -0.25) is 19.3 Å². The molecule has 0 saturated carbocycles. The smallest absolute Gasteiger partial charge is 0.291 e. The Morgan fingerprint density at radius 1 is 0.976 bits per heavy atom. The number of aliphatic hydroxyl groups excluding tert-OH is 1. The molecular formula is C31H30N4O5S. The molecule has 0 aliphatic carbocycles. The summed E-state index contributed by atoms with van der Waals surface area (Å²) in [7, 11) is -3.04. The molecule has 0 fully saturated rings. The number of hydrogen-bond acceptors (Lipinski definition) is 7. The highest BCUT2D eigenvalue weighted by molar-refractivity contribution is 8.00. The van der Waals surface area contributed by atoms with Crippen molar-refractivity contribution < 1.29 is 23.3 Å². The lowest BCUT2D eigenvalue weighted by molar-refractivity contribution is 0.0978. The van der Waals surface area contributed by atoms with Crippen LogP contribution in [0.15, 0.2) is 94.7 Å². The summed E-state index contributed by atoms with van der Waals surface area (Å²) in [4.78, 5) is 30.2. The minimum atomic E-state index is -3.04. The number of hydrogen-bond donors (Lipinski definition) is 4. The van der Waals surface area contributed by atoms with Gasteiger partial charge in [-0.25, -0.2) is 4.21 Å². The summed E-state index contributed by atoms with van der Waals surface area (Å²) < 4.78 is 21.8. The summed E-state index contributed by atoms with van der Waals surface area (Å²) in [5.41, 5.74) is 2.64. The van der Waals surface area contributed by atoms with Crippen LogP contribution < -0.4 is 15.4 Å². The molecule has 4 aromatic rings. The molecule has 0 spiro atoms. The number of aliphatic hydroxyl groups is 1. The standard InChI is InChI=1S/C31H30N4O5S/c1-23-13-17-40-29(23)31(38)34-27-8-5-7-24(20-27)11-12-25-19-26(22-33-21-25)30(37)35-41(39,18-6-14-32-15-16-36)28-9-3-2-4-10-28/h2-5,7-10,13,17-22,32,36H,6,14-16H2,1H3,(H,34,38)(H,35,37,39). The third-order valence-electron chi connectivity index (χ3n) is 5.84. The molecule has 10 heteroatoms. The molecule has 0 aliphatic heterocycles. The van der Waals surface area contributed by atoms with E-state index in [9.17, 15) is 13.8 Å². The second-order valence-electron chi connectivity index (χ2n) is 8.95. The SMILES string of the molecule is Cc1ccoc1C(=O)Nc1cccc(C#Cc2cncc(C(=O)NS(=O)(=CCCNCCO)c3ccccc3)c2)c1. The fourth-order valence-corrected chi connectivity index (χ4v) is 5.59. The molecule has 2 amide bonds. The molecule has 1 atom stereocenters. The number of anilines is 1. The van der Waals surface area contributed by atoms with E-state index in [0.29, 0.717) is 41.2 Å². The summed E-state index contributed by atoms with van der Waals surface area (Å²) in [5, 5.41) is 16.3. The van der Waals surface area contributed by atoms with E-state index in [1.165, 1.54) is 18.7 Å². The quantitative estimate of drug-likeness (QED) is 0.130. The highest BCUT2D eigenvalue weighted by atomic mass is 32.2. The normalized spacial score (nSPS) is 12.0. The fourth-order valence-electron chi connectivity index (χ4n) is 3.79. The van der Waals surface area contributed by atoms with E-state index in [1.807, 2.05) is 6.07 Å². The second-order valence-corrected chi connectivity index (χ2v) is 11.2. The lowest BCUT2D eigenvalue weighted by atomic mass is 10.1. The summed E-state index contributed by atoms with van der Waals surface area (Å²) in [6.07, 6.45) is 4.80. The lowest BCUT2D eigenvalue weighted by Gasteiger charge is -2.14. The third-order valence-corrected chi connectivity index (χ3v) is 8.01. The number of amides is 2. The number of aryl methyl sites for hydroxylation is 1. The molecule has 0 radical (unpaired) electrons. The van der Waals surface area contributed by atoms with Crippen molar-refractivity contribution in [2.45, 2.75) is 18.2 Å². The number of benzene rings is 2. The molecule has 0 aliphatic rings. The number of aromatic nitrogens is 1. The molecule has 9 nitrogen and oxygen atoms in total. The molecule has 0 bridgehead atoms. The minimum absolute atomic E-state index is 0.00450. The largest absolute Gasteiger partial charge is 0.459 e. The van der Waals surface area contributed by atoms with Crippen molar-refractivity contribution in [3.05, 3.63) is 113 Å². The van der Waals surface area contributed by atoms with Gasteiger partial charge in [-0.1, -0.05) is 36.1 Å². The average Bonchev–Trinajstić information content (AvgIpc) is 3.43. The number of carbonyl (C=O) groups excluding carboxylic acids is 2. The first-order valence-electron chi connectivity index (χ1n) is 12.9. The summed E-state index contributed by atoms with van der Waals surface area (Å²) in [5.74, 6) is 5.35. The maximum Gasteiger partial charge on any atom is 0.291 e. The van der Waals surface area contributed by atoms with E-state index in [1.54, 1.807) is 73.0 Å². The number of nitrogens with one attached hydrogen (secondary N) is 3. The van der Waals surface area contributed by atoms with Crippen molar-refractivity contribution in [2.24, 2.45) is 0 Å². The number of carbonyl (C=O) groups is 2. The maximum atomic E-state index is 13.9. The Morgan fingerprint density at radius 2 is 1.78 bits per heavy atom. The Hall–Kier alpha value is -4.69. The Labute approximate surface area is 239 Å². The van der Waals surface area contributed by atoms with Crippen LogP contribution in [0.1, 0.15) is 44.0 Å². The number of nitrogens with zero attached hydrogens (tertiary/aromatic N) is 1. The number of pyridine rings is 1. The number of furan rings is 1. The first kappa shape index (κ1) is 29.3. The molecule has 41 heavy (non-hydrogen) atoms. The zero-order valence-electron chi connectivity index (χ0n) is 22.4. The van der Waals surface area contributed by atoms with E-state index in [2.05, 4.69) is 32.2 Å². The molecule has 0 saturated heterocycles. The molecule has 4 N–H and O–H groups in total. The molecular weight excluding hydrogens is 540 g/mol. The summed E-state index contributed by atoms with van der Waals surface area (Å²) in [6, 6.07) is 19.1. The van der Waals surface area contributed by atoms with Crippen LogP contribution in [-0.2, 0) is 9.71 Å². The Kier molecular flexibility index (Phi) is 10.1. The molecule has 210 valence electrons. The van der Waals surface area contributed by atoms with Gasteiger partial charge in [-0.15, -0.1) is 0 Å². The van der Waals surface area contributed by atoms with Gasteiger partial charge in [0.25, 0.3) is 11.8 Å². The zero-order chi connectivity index (χ0) is 29.1. The Balaban J connectivity index is 1.49. The average molecular weight is 571 g/mol. The summed E-state index contributed by atoms with van der Waals surface area (Å²) in [6.45, 7) is 2.72. The maximum absolute atomic E-state index is 13.9. The van der Waals surface area contributed by atoms with Crippen molar-refractivity contribution in [3.8, 4) is 11.8 Å². The van der Waals surface area contributed by atoms with E-state index in [0.717, 1.165) is 5.56 Å². The van der Waals surface area contributed by atoms with Gasteiger partial charge in [0.1, 0.15) is 0 Å². The van der Waals surface area contributed by atoms with Gasteiger partial charge in [0.2, 0.25) is 0 Å². The van der Waals surface area contributed by atoms with Crippen molar-refractivity contribution in [1.82, 2.24) is 15.0 Å². The third kappa shape index (κ3) is 8.16. The molecule has 1 unspecified atom stereocenters. The van der Waals surface area contributed by atoms with Gasteiger partial charge in [0, 0.05) is 46.2 Å². The monoisotopic (exact) mass is 570 g/mol. The molecule has 2 aromatic carbocycles. The highest BCUT2D eigenvalue weighted by Crippen LogP contribution is 2.15. The van der Waals surface area contributed by atoms with Crippen molar-refractivity contribution in [1.29, 1.82) is 0 Å². The second kappa shape index (κ2) is 14.1. The van der Waals surface area contributed by atoms with Gasteiger partial charge >= 0.3 is 0 Å². The van der Waals surface area contributed by atoms with Crippen LogP contribution >= 0.6 is 0 Å². The van der Waals surface area contributed by atoms with Crippen LogP contribution in [0.2, 0.25) is 0 Å². The Bertz CT molecular complexity index is 1700. The van der Waals surface area contributed by atoms with Gasteiger partial charge in [0.05, 0.1) is 28.1 Å². The number of rotatable bonds is 10. The molecule has 2 heterocycles. The van der Waals surface area contributed by atoms with E-state index >= 15 is 0 Å².